The number of amides is 1. The van der Waals surface area contributed by atoms with E-state index in [9.17, 15) is 4.79 Å². The van der Waals surface area contributed by atoms with Crippen LogP contribution in [0.2, 0.25) is 0 Å². The topological polar surface area (TPSA) is 61.4 Å². The molecule has 2 saturated heterocycles. The van der Waals surface area contributed by atoms with Gasteiger partial charge in [-0.2, -0.15) is 0 Å². The lowest BCUT2D eigenvalue weighted by Gasteiger charge is -2.41. The second kappa shape index (κ2) is 8.72. The van der Waals surface area contributed by atoms with Crippen LogP contribution in [-0.4, -0.2) is 64.9 Å². The van der Waals surface area contributed by atoms with Crippen LogP contribution in [0.5, 0.6) is 0 Å². The van der Waals surface area contributed by atoms with Crippen molar-refractivity contribution in [3.63, 3.8) is 0 Å². The molecule has 0 unspecified atom stereocenters. The number of rotatable bonds is 5. The van der Waals surface area contributed by atoms with E-state index >= 15 is 0 Å². The number of nitrogens with one attached hydrogen (secondary N) is 1. The highest BCUT2D eigenvalue weighted by Gasteiger charge is 2.27. The van der Waals surface area contributed by atoms with Gasteiger partial charge >= 0.3 is 0 Å². The fraction of sp³-hybridized carbons (Fsp3) is 0.737. The van der Waals surface area contributed by atoms with Gasteiger partial charge in [-0.25, -0.2) is 0 Å². The van der Waals surface area contributed by atoms with Crippen LogP contribution in [0.4, 0.5) is 0 Å². The van der Waals surface area contributed by atoms with E-state index in [0.29, 0.717) is 6.54 Å². The highest BCUT2D eigenvalue weighted by atomic mass is 16.1. The molecule has 25 heavy (non-hydrogen) atoms. The van der Waals surface area contributed by atoms with Gasteiger partial charge in [0.15, 0.2) is 0 Å². The van der Waals surface area contributed by atoms with Crippen LogP contribution >= 0.6 is 0 Å². The minimum Gasteiger partial charge on any atom is -0.351 e. The van der Waals surface area contributed by atoms with Gasteiger partial charge in [-0.1, -0.05) is 0 Å². The van der Waals surface area contributed by atoms with Gasteiger partial charge in [-0.05, 0) is 71.2 Å². The molecule has 0 spiro atoms. The molecule has 0 aromatic carbocycles. The van der Waals surface area contributed by atoms with Crippen LogP contribution in [0.25, 0.3) is 0 Å². The van der Waals surface area contributed by atoms with E-state index in [1.54, 1.807) is 6.20 Å². The van der Waals surface area contributed by atoms with Crippen molar-refractivity contribution in [1.29, 1.82) is 0 Å². The first kappa shape index (κ1) is 18.3. The molecule has 0 atom stereocenters. The second-order valence-corrected chi connectivity index (χ2v) is 7.63. The molecule has 0 radical (unpaired) electrons. The second-order valence-electron chi connectivity index (χ2n) is 7.63. The Morgan fingerprint density at radius 3 is 2.32 bits per heavy atom. The largest absolute Gasteiger partial charge is 0.351 e. The predicted octanol–water partition coefficient (Wildman–Crippen LogP) is 1.46. The molecule has 6 nitrogen and oxygen atoms in total. The first-order chi connectivity index (χ1) is 12.1. The molecule has 6 heteroatoms. The maximum absolute atomic E-state index is 10.9. The molecular weight excluding hydrogens is 314 g/mol. The number of carbonyl (C=O) groups is 1. The minimum absolute atomic E-state index is 0.0396. The Morgan fingerprint density at radius 2 is 1.72 bits per heavy atom. The van der Waals surface area contributed by atoms with Gasteiger partial charge in [-0.3, -0.25) is 14.8 Å². The SMILES string of the molecule is CC(=O)NCc1cnc(CC2CCN(C3CCN(C)CC3)CC2)cn1. The summed E-state index contributed by atoms with van der Waals surface area (Å²) in [5, 5.41) is 2.75. The number of aromatic nitrogens is 2. The summed E-state index contributed by atoms with van der Waals surface area (Å²) in [6.45, 7) is 6.91. The Kier molecular flexibility index (Phi) is 6.37. The van der Waals surface area contributed by atoms with Crippen LogP contribution < -0.4 is 5.32 Å². The highest BCUT2D eigenvalue weighted by molar-refractivity contribution is 5.72. The Morgan fingerprint density at radius 1 is 1.08 bits per heavy atom. The number of hydrogen-bond acceptors (Lipinski definition) is 5. The zero-order chi connectivity index (χ0) is 17.6. The summed E-state index contributed by atoms with van der Waals surface area (Å²) in [5.41, 5.74) is 1.89. The normalized spacial score (nSPS) is 21.4. The maximum Gasteiger partial charge on any atom is 0.217 e. The highest BCUT2D eigenvalue weighted by Crippen LogP contribution is 2.25. The van der Waals surface area contributed by atoms with Crippen LogP contribution in [0, 0.1) is 5.92 Å². The first-order valence-corrected chi connectivity index (χ1v) is 9.57. The summed E-state index contributed by atoms with van der Waals surface area (Å²) >= 11 is 0. The molecule has 1 aromatic rings. The summed E-state index contributed by atoms with van der Waals surface area (Å²) in [4.78, 5) is 25.0. The van der Waals surface area contributed by atoms with Gasteiger partial charge in [0, 0.05) is 19.2 Å². The molecule has 2 fully saturated rings. The van der Waals surface area contributed by atoms with Crippen molar-refractivity contribution in [2.75, 3.05) is 33.2 Å². The summed E-state index contributed by atoms with van der Waals surface area (Å²) in [5.74, 6) is 0.681. The summed E-state index contributed by atoms with van der Waals surface area (Å²) < 4.78 is 0. The number of nitrogens with zero attached hydrogens (tertiary/aromatic N) is 4. The number of hydrogen-bond donors (Lipinski definition) is 1. The average molecular weight is 345 g/mol. The lowest BCUT2D eigenvalue weighted by molar-refractivity contribution is -0.119. The summed E-state index contributed by atoms with van der Waals surface area (Å²) in [6.07, 6.45) is 9.86. The summed E-state index contributed by atoms with van der Waals surface area (Å²) in [6, 6.07) is 0.796. The third kappa shape index (κ3) is 5.47. The number of carbonyl (C=O) groups excluding carboxylic acids is 1. The lowest BCUT2D eigenvalue weighted by Crippen LogP contribution is -2.47. The van der Waals surface area contributed by atoms with Gasteiger partial charge in [0.25, 0.3) is 0 Å². The van der Waals surface area contributed by atoms with Gasteiger partial charge in [0.2, 0.25) is 5.91 Å². The van der Waals surface area contributed by atoms with Gasteiger partial charge in [-0.15, -0.1) is 0 Å². The Labute approximate surface area is 151 Å². The molecule has 0 aliphatic carbocycles. The molecular formula is C19H31N5O. The van der Waals surface area contributed by atoms with E-state index in [0.717, 1.165) is 29.8 Å². The first-order valence-electron chi connectivity index (χ1n) is 9.57. The van der Waals surface area contributed by atoms with Crippen molar-refractivity contribution in [1.82, 2.24) is 25.1 Å². The molecule has 1 N–H and O–H groups in total. The molecule has 2 aliphatic heterocycles. The average Bonchev–Trinajstić information content (AvgIpc) is 2.62. The minimum atomic E-state index is -0.0396. The van der Waals surface area contributed by atoms with Crippen molar-refractivity contribution in [2.45, 2.75) is 51.6 Å². The zero-order valence-corrected chi connectivity index (χ0v) is 15.6. The van der Waals surface area contributed by atoms with E-state index in [1.165, 1.54) is 58.8 Å². The van der Waals surface area contributed by atoms with E-state index in [4.69, 9.17) is 0 Å². The van der Waals surface area contributed by atoms with E-state index in [1.807, 2.05) is 6.20 Å². The molecule has 2 aliphatic rings. The monoisotopic (exact) mass is 345 g/mol. The van der Waals surface area contributed by atoms with E-state index < -0.39 is 0 Å². The van der Waals surface area contributed by atoms with E-state index in [-0.39, 0.29) is 5.91 Å². The van der Waals surface area contributed by atoms with Crippen LogP contribution in [0.3, 0.4) is 0 Å². The summed E-state index contributed by atoms with van der Waals surface area (Å²) in [7, 11) is 2.23. The molecule has 1 aromatic heterocycles. The van der Waals surface area contributed by atoms with Crippen LogP contribution in [-0.2, 0) is 17.8 Å². The van der Waals surface area contributed by atoms with Crippen molar-refractivity contribution in [2.24, 2.45) is 5.92 Å². The van der Waals surface area contributed by atoms with Crippen molar-refractivity contribution in [3.05, 3.63) is 23.8 Å². The van der Waals surface area contributed by atoms with Crippen molar-refractivity contribution >= 4 is 5.91 Å². The maximum atomic E-state index is 10.9. The predicted molar refractivity (Wildman–Crippen MR) is 98.1 cm³/mol. The molecule has 0 bridgehead atoms. The molecule has 0 saturated carbocycles. The molecule has 138 valence electrons. The number of piperidine rings is 2. The standard InChI is InChI=1S/C19H31N5O/c1-15(25)20-13-18-14-21-17(12-22-18)11-16-3-9-24(10-4-16)19-5-7-23(2)8-6-19/h12,14,16,19H,3-11,13H2,1-2H3,(H,20,25). The van der Waals surface area contributed by atoms with Gasteiger partial charge in [0.1, 0.15) is 0 Å². The number of likely N-dealkylation sites (tertiary alicyclic amines) is 2. The third-order valence-corrected chi connectivity index (χ3v) is 5.63. The van der Waals surface area contributed by atoms with Crippen LogP contribution in [0.15, 0.2) is 12.4 Å². The van der Waals surface area contributed by atoms with Gasteiger partial charge < -0.3 is 15.1 Å². The fourth-order valence-electron chi connectivity index (χ4n) is 3.97. The Hall–Kier alpha value is -1.53. The van der Waals surface area contributed by atoms with Crippen LogP contribution in [0.1, 0.15) is 44.0 Å². The molecule has 3 heterocycles. The molecule has 1 amide bonds. The van der Waals surface area contributed by atoms with Crippen molar-refractivity contribution in [3.8, 4) is 0 Å². The fourth-order valence-corrected chi connectivity index (χ4v) is 3.97. The van der Waals surface area contributed by atoms with E-state index in [2.05, 4.69) is 32.1 Å². The quantitative estimate of drug-likeness (QED) is 0.875. The molecule has 3 rings (SSSR count). The van der Waals surface area contributed by atoms with Crippen molar-refractivity contribution < 1.29 is 4.79 Å². The lowest BCUT2D eigenvalue weighted by atomic mass is 9.90. The Balaban J connectivity index is 1.42. The smallest absolute Gasteiger partial charge is 0.217 e. The Bertz CT molecular complexity index is 545. The third-order valence-electron chi connectivity index (χ3n) is 5.63. The zero-order valence-electron chi connectivity index (χ0n) is 15.6. The van der Waals surface area contributed by atoms with Gasteiger partial charge in [0.05, 0.1) is 24.1 Å².